The molecule has 0 saturated heterocycles. The van der Waals surface area contributed by atoms with Gasteiger partial charge in [-0.2, -0.15) is 5.26 Å². The number of aromatic nitrogens is 2. The molecule has 0 saturated carbocycles. The van der Waals surface area contributed by atoms with Crippen LogP contribution in [0.5, 0.6) is 0 Å². The number of hydrogen-bond donors (Lipinski definition) is 2. The molecule has 0 spiro atoms. The first kappa shape index (κ1) is 19.2. The summed E-state index contributed by atoms with van der Waals surface area (Å²) in [4.78, 5) is 18.9. The molecule has 0 fully saturated rings. The van der Waals surface area contributed by atoms with Gasteiger partial charge in [-0.15, -0.1) is 0 Å². The number of nitriles is 1. The number of rotatable bonds is 4. The zero-order chi connectivity index (χ0) is 21.4. The van der Waals surface area contributed by atoms with Gasteiger partial charge in [-0.3, -0.25) is 0 Å². The SMILES string of the molecule is Cc1cc2nc(/C(C#N)=C\c3ccc(-c4ccc(C(=O)O)cc4C)o3)[nH]c2cc1C. The summed E-state index contributed by atoms with van der Waals surface area (Å²) < 4.78 is 5.90. The lowest BCUT2D eigenvalue weighted by Gasteiger charge is -2.04. The highest BCUT2D eigenvalue weighted by molar-refractivity contribution is 5.90. The number of carboxylic acid groups (broad SMARTS) is 1. The van der Waals surface area contributed by atoms with Crippen molar-refractivity contribution in [2.75, 3.05) is 0 Å². The van der Waals surface area contributed by atoms with Gasteiger partial charge in [0.2, 0.25) is 0 Å². The van der Waals surface area contributed by atoms with Crippen molar-refractivity contribution < 1.29 is 14.3 Å². The van der Waals surface area contributed by atoms with Crippen LogP contribution in [0.15, 0.2) is 46.9 Å². The fraction of sp³-hybridized carbons (Fsp3) is 0.125. The highest BCUT2D eigenvalue weighted by Gasteiger charge is 2.13. The van der Waals surface area contributed by atoms with E-state index in [1.54, 1.807) is 36.4 Å². The maximum atomic E-state index is 11.1. The van der Waals surface area contributed by atoms with Crippen molar-refractivity contribution in [3.63, 3.8) is 0 Å². The molecule has 2 heterocycles. The minimum Gasteiger partial charge on any atom is -0.478 e. The second-order valence-corrected chi connectivity index (χ2v) is 7.25. The van der Waals surface area contributed by atoms with Crippen LogP contribution in [-0.2, 0) is 0 Å². The molecule has 0 bridgehead atoms. The van der Waals surface area contributed by atoms with Crippen LogP contribution in [-0.4, -0.2) is 21.0 Å². The number of furan rings is 1. The van der Waals surface area contributed by atoms with Gasteiger partial charge in [0.25, 0.3) is 0 Å². The zero-order valence-corrected chi connectivity index (χ0v) is 16.8. The molecule has 0 aliphatic carbocycles. The molecule has 0 atom stereocenters. The van der Waals surface area contributed by atoms with Crippen molar-refractivity contribution >= 4 is 28.7 Å². The number of aromatic amines is 1. The van der Waals surface area contributed by atoms with E-state index >= 15 is 0 Å². The molecule has 6 heteroatoms. The molecule has 0 aliphatic rings. The third-order valence-corrected chi connectivity index (χ3v) is 5.13. The fourth-order valence-electron chi connectivity index (χ4n) is 3.34. The Bertz CT molecular complexity index is 1330. The molecule has 0 unspecified atom stereocenters. The normalized spacial score (nSPS) is 11.6. The van der Waals surface area contributed by atoms with Crippen LogP contribution in [0.4, 0.5) is 0 Å². The number of aryl methyl sites for hydroxylation is 3. The van der Waals surface area contributed by atoms with Crippen molar-refractivity contribution in [3.05, 3.63) is 76.3 Å². The van der Waals surface area contributed by atoms with Gasteiger partial charge in [0.15, 0.2) is 0 Å². The van der Waals surface area contributed by atoms with Gasteiger partial charge in [0.1, 0.15) is 23.4 Å². The van der Waals surface area contributed by atoms with Crippen molar-refractivity contribution in [2.45, 2.75) is 20.8 Å². The number of nitrogens with zero attached hydrogens (tertiary/aromatic N) is 2. The number of allylic oxidation sites excluding steroid dienone is 1. The van der Waals surface area contributed by atoms with Gasteiger partial charge in [-0.25, -0.2) is 9.78 Å². The molecule has 148 valence electrons. The Balaban J connectivity index is 1.69. The predicted octanol–water partition coefficient (Wildman–Crippen LogP) is 5.51. The molecule has 4 rings (SSSR count). The Kier molecular flexibility index (Phi) is 4.72. The first-order valence-corrected chi connectivity index (χ1v) is 9.39. The van der Waals surface area contributed by atoms with Gasteiger partial charge in [0, 0.05) is 11.6 Å². The number of aromatic carboxylic acids is 1. The largest absolute Gasteiger partial charge is 0.478 e. The number of H-pyrrole nitrogens is 1. The van der Waals surface area contributed by atoms with Crippen molar-refractivity contribution in [1.82, 2.24) is 9.97 Å². The minimum absolute atomic E-state index is 0.227. The third kappa shape index (κ3) is 3.49. The summed E-state index contributed by atoms with van der Waals surface area (Å²) in [5, 5.41) is 18.8. The Morgan fingerprint density at radius 2 is 1.87 bits per heavy atom. The number of hydrogen-bond acceptors (Lipinski definition) is 4. The molecule has 0 radical (unpaired) electrons. The lowest BCUT2D eigenvalue weighted by Crippen LogP contribution is -1.96. The first-order chi connectivity index (χ1) is 14.4. The molecule has 4 aromatic rings. The van der Waals surface area contributed by atoms with Crippen molar-refractivity contribution in [3.8, 4) is 17.4 Å². The Labute approximate surface area is 173 Å². The molecule has 0 amide bonds. The second kappa shape index (κ2) is 7.37. The van der Waals surface area contributed by atoms with E-state index in [4.69, 9.17) is 9.52 Å². The maximum Gasteiger partial charge on any atom is 0.335 e. The first-order valence-electron chi connectivity index (χ1n) is 9.39. The number of benzene rings is 2. The Hall–Kier alpha value is -4.11. The maximum absolute atomic E-state index is 11.1. The van der Waals surface area contributed by atoms with E-state index in [9.17, 15) is 10.1 Å². The molecule has 30 heavy (non-hydrogen) atoms. The van der Waals surface area contributed by atoms with E-state index < -0.39 is 5.97 Å². The molecule has 0 aliphatic heterocycles. The van der Waals surface area contributed by atoms with E-state index in [0.29, 0.717) is 22.9 Å². The van der Waals surface area contributed by atoms with Crippen LogP contribution in [0.1, 0.15) is 38.6 Å². The number of fused-ring (bicyclic) bond motifs is 1. The predicted molar refractivity (Wildman–Crippen MR) is 115 cm³/mol. The zero-order valence-electron chi connectivity index (χ0n) is 16.8. The number of nitrogens with one attached hydrogen (secondary N) is 1. The van der Waals surface area contributed by atoms with Gasteiger partial charge in [0.05, 0.1) is 22.2 Å². The summed E-state index contributed by atoms with van der Waals surface area (Å²) in [6.45, 7) is 5.89. The molecule has 2 aromatic carbocycles. The standard InChI is InChI=1S/C24H19N3O3/c1-13-9-20-21(10-14(13)2)27-23(26-20)17(12-25)11-18-5-7-22(30-18)19-6-4-16(24(28)29)8-15(19)3/h4-11H,1-3H3,(H,26,27)(H,28,29)/b17-11-. The number of carboxylic acids is 1. The van der Waals surface area contributed by atoms with Crippen molar-refractivity contribution in [2.24, 2.45) is 0 Å². The average molecular weight is 397 g/mol. The summed E-state index contributed by atoms with van der Waals surface area (Å²) >= 11 is 0. The summed E-state index contributed by atoms with van der Waals surface area (Å²) in [6.07, 6.45) is 1.64. The fourth-order valence-corrected chi connectivity index (χ4v) is 3.34. The number of imidazole rings is 1. The summed E-state index contributed by atoms with van der Waals surface area (Å²) in [5.74, 6) is 0.625. The Morgan fingerprint density at radius 3 is 2.57 bits per heavy atom. The highest BCUT2D eigenvalue weighted by atomic mass is 16.4. The van der Waals surface area contributed by atoms with E-state index in [1.807, 2.05) is 32.9 Å². The van der Waals surface area contributed by atoms with Crippen LogP contribution in [0.2, 0.25) is 0 Å². The molecule has 2 aromatic heterocycles. The summed E-state index contributed by atoms with van der Waals surface area (Å²) in [5.41, 5.74) is 6.16. The topological polar surface area (TPSA) is 103 Å². The van der Waals surface area contributed by atoms with Gasteiger partial charge in [-0.05, 0) is 73.9 Å². The van der Waals surface area contributed by atoms with Gasteiger partial charge < -0.3 is 14.5 Å². The van der Waals surface area contributed by atoms with Crippen molar-refractivity contribution in [1.29, 1.82) is 5.26 Å². The van der Waals surface area contributed by atoms with E-state index in [-0.39, 0.29) is 5.56 Å². The minimum atomic E-state index is -0.970. The highest BCUT2D eigenvalue weighted by Crippen LogP contribution is 2.28. The monoisotopic (exact) mass is 397 g/mol. The van der Waals surface area contributed by atoms with Crippen LogP contribution in [0, 0.1) is 32.1 Å². The third-order valence-electron chi connectivity index (χ3n) is 5.13. The molecular formula is C24H19N3O3. The van der Waals surface area contributed by atoms with Crippen LogP contribution < -0.4 is 0 Å². The average Bonchev–Trinajstić information content (AvgIpc) is 3.33. The van der Waals surface area contributed by atoms with Gasteiger partial charge >= 0.3 is 5.97 Å². The van der Waals surface area contributed by atoms with E-state index in [0.717, 1.165) is 33.3 Å². The van der Waals surface area contributed by atoms with E-state index in [1.165, 1.54) is 0 Å². The summed E-state index contributed by atoms with van der Waals surface area (Å²) in [6, 6.07) is 14.6. The summed E-state index contributed by atoms with van der Waals surface area (Å²) in [7, 11) is 0. The number of carbonyl (C=O) groups is 1. The quantitative estimate of drug-likeness (QED) is 0.442. The van der Waals surface area contributed by atoms with Gasteiger partial charge in [-0.1, -0.05) is 6.07 Å². The second-order valence-electron chi connectivity index (χ2n) is 7.25. The molecule has 2 N–H and O–H groups in total. The Morgan fingerprint density at radius 1 is 1.10 bits per heavy atom. The van der Waals surface area contributed by atoms with E-state index in [2.05, 4.69) is 16.0 Å². The molecular weight excluding hydrogens is 378 g/mol. The van der Waals surface area contributed by atoms with Crippen LogP contribution >= 0.6 is 0 Å². The smallest absolute Gasteiger partial charge is 0.335 e. The lowest BCUT2D eigenvalue weighted by atomic mass is 10.0. The van der Waals surface area contributed by atoms with Crippen LogP contribution in [0.3, 0.4) is 0 Å². The lowest BCUT2D eigenvalue weighted by molar-refractivity contribution is 0.0697. The van der Waals surface area contributed by atoms with Crippen LogP contribution in [0.25, 0.3) is 34.0 Å². The molecule has 6 nitrogen and oxygen atoms in total.